The first-order chi connectivity index (χ1) is 10.2. The molecule has 0 saturated carbocycles. The Morgan fingerprint density at radius 1 is 1.27 bits per heavy atom. The predicted octanol–water partition coefficient (Wildman–Crippen LogP) is 3.28. The lowest BCUT2D eigenvalue weighted by molar-refractivity contribution is -0.147. The normalized spacial score (nSPS) is 11.6. The number of amides is 1. The van der Waals surface area contributed by atoms with Crippen LogP contribution in [0.5, 0.6) is 0 Å². The van der Waals surface area contributed by atoms with E-state index in [1.165, 1.54) is 0 Å². The number of aliphatic carboxylic acids is 1. The first-order valence-electron chi connectivity index (χ1n) is 7.24. The highest BCUT2D eigenvalue weighted by Gasteiger charge is 2.27. The van der Waals surface area contributed by atoms with E-state index in [1.54, 1.807) is 13.8 Å². The van der Waals surface area contributed by atoms with Crippen LogP contribution in [0.1, 0.15) is 41.9 Å². The van der Waals surface area contributed by atoms with Crippen molar-refractivity contribution in [2.24, 2.45) is 5.41 Å². The maximum Gasteiger partial charge on any atom is 0.309 e. The van der Waals surface area contributed by atoms with E-state index < -0.39 is 11.4 Å². The van der Waals surface area contributed by atoms with E-state index in [9.17, 15) is 9.59 Å². The van der Waals surface area contributed by atoms with Crippen molar-refractivity contribution in [1.82, 2.24) is 5.32 Å². The van der Waals surface area contributed by atoms with Gasteiger partial charge in [0.05, 0.1) is 5.41 Å². The summed E-state index contributed by atoms with van der Waals surface area (Å²) < 4.78 is 5.69. The summed E-state index contributed by atoms with van der Waals surface area (Å²) in [7, 11) is 0. The molecule has 0 aliphatic rings. The molecule has 1 aromatic heterocycles. The fraction of sp³-hybridized carbons (Fsp3) is 0.412. The number of fused-ring (bicyclic) bond motifs is 1. The van der Waals surface area contributed by atoms with Crippen molar-refractivity contribution >= 4 is 22.8 Å². The summed E-state index contributed by atoms with van der Waals surface area (Å²) in [4.78, 5) is 23.3. The number of aryl methyl sites for hydroxylation is 2. The lowest BCUT2D eigenvalue weighted by Gasteiger charge is -2.18. The number of nitrogens with one attached hydrogen (secondary N) is 1. The van der Waals surface area contributed by atoms with Gasteiger partial charge in [-0.2, -0.15) is 0 Å². The average Bonchev–Trinajstić information content (AvgIpc) is 2.77. The van der Waals surface area contributed by atoms with Crippen LogP contribution in [0.4, 0.5) is 0 Å². The van der Waals surface area contributed by atoms with Crippen LogP contribution in [-0.4, -0.2) is 23.5 Å². The van der Waals surface area contributed by atoms with E-state index in [0.29, 0.717) is 6.42 Å². The third-order valence-electron chi connectivity index (χ3n) is 3.98. The van der Waals surface area contributed by atoms with Gasteiger partial charge in [-0.1, -0.05) is 18.2 Å². The molecule has 0 atom stereocenters. The van der Waals surface area contributed by atoms with Gasteiger partial charge in [-0.05, 0) is 39.7 Å². The number of rotatable bonds is 5. The van der Waals surface area contributed by atoms with E-state index in [-0.39, 0.29) is 18.2 Å². The van der Waals surface area contributed by atoms with Crippen LogP contribution in [0.3, 0.4) is 0 Å². The lowest BCUT2D eigenvalue weighted by Crippen LogP contribution is -2.32. The zero-order valence-electron chi connectivity index (χ0n) is 13.3. The Bertz CT molecular complexity index is 728. The highest BCUT2D eigenvalue weighted by atomic mass is 16.4. The number of carbonyl (C=O) groups excluding carboxylic acids is 1. The number of carboxylic acids is 1. The second-order valence-corrected chi connectivity index (χ2v) is 6.20. The Hall–Kier alpha value is -2.30. The minimum Gasteiger partial charge on any atom is -0.481 e. The van der Waals surface area contributed by atoms with Gasteiger partial charge in [0.25, 0.3) is 5.91 Å². The number of carbonyl (C=O) groups is 2. The first kappa shape index (κ1) is 16.1. The Kier molecular flexibility index (Phi) is 4.26. The zero-order valence-corrected chi connectivity index (χ0v) is 13.3. The molecule has 0 spiro atoms. The Balaban J connectivity index is 2.12. The summed E-state index contributed by atoms with van der Waals surface area (Å²) in [6, 6.07) is 5.78. The minimum absolute atomic E-state index is 0.285. The third kappa shape index (κ3) is 2.98. The van der Waals surface area contributed by atoms with E-state index in [1.807, 2.05) is 32.0 Å². The number of carboxylic acid groups (broad SMARTS) is 1. The highest BCUT2D eigenvalue weighted by Crippen LogP contribution is 2.27. The SMILES string of the molecule is Cc1c(C(=O)NCCC(C)(C)C(=O)O)oc2c(C)cccc12. The van der Waals surface area contributed by atoms with Crippen LogP contribution in [0, 0.1) is 19.3 Å². The zero-order chi connectivity index (χ0) is 16.5. The standard InChI is InChI=1S/C17H21NO4/c1-10-6-5-7-12-11(2)14(22-13(10)12)15(19)18-9-8-17(3,4)16(20)21/h5-7H,8-9H2,1-4H3,(H,18,19)(H,20,21). The Morgan fingerprint density at radius 2 is 1.95 bits per heavy atom. The molecule has 2 N–H and O–H groups in total. The van der Waals surface area contributed by atoms with Crippen LogP contribution in [-0.2, 0) is 4.79 Å². The molecule has 1 aromatic carbocycles. The molecule has 2 rings (SSSR count). The van der Waals surface area contributed by atoms with Gasteiger partial charge in [0.2, 0.25) is 0 Å². The molecule has 118 valence electrons. The fourth-order valence-electron chi connectivity index (χ4n) is 2.28. The smallest absolute Gasteiger partial charge is 0.309 e. The predicted molar refractivity (Wildman–Crippen MR) is 84.1 cm³/mol. The summed E-state index contributed by atoms with van der Waals surface area (Å²) in [5, 5.41) is 12.7. The summed E-state index contributed by atoms with van der Waals surface area (Å²) >= 11 is 0. The Morgan fingerprint density at radius 3 is 2.55 bits per heavy atom. The van der Waals surface area contributed by atoms with E-state index >= 15 is 0 Å². The molecule has 0 unspecified atom stereocenters. The van der Waals surface area contributed by atoms with Gasteiger partial charge in [-0.25, -0.2) is 0 Å². The van der Waals surface area contributed by atoms with Crippen molar-refractivity contribution in [1.29, 1.82) is 0 Å². The molecule has 1 heterocycles. The van der Waals surface area contributed by atoms with E-state index in [2.05, 4.69) is 5.32 Å². The maximum absolute atomic E-state index is 12.2. The number of hydrogen-bond donors (Lipinski definition) is 2. The van der Waals surface area contributed by atoms with Gasteiger partial charge in [0.15, 0.2) is 5.76 Å². The summed E-state index contributed by atoms with van der Waals surface area (Å²) in [5.74, 6) is -0.899. The van der Waals surface area contributed by atoms with Crippen molar-refractivity contribution in [3.05, 3.63) is 35.1 Å². The summed E-state index contributed by atoms with van der Waals surface area (Å²) in [5.41, 5.74) is 1.63. The molecule has 0 radical (unpaired) electrons. The molecule has 22 heavy (non-hydrogen) atoms. The van der Waals surface area contributed by atoms with Gasteiger partial charge >= 0.3 is 5.97 Å². The van der Waals surface area contributed by atoms with Gasteiger partial charge in [-0.15, -0.1) is 0 Å². The number of furan rings is 1. The van der Waals surface area contributed by atoms with Crippen LogP contribution in [0.25, 0.3) is 11.0 Å². The quantitative estimate of drug-likeness (QED) is 0.888. The second kappa shape index (κ2) is 5.83. The van der Waals surface area contributed by atoms with E-state index in [0.717, 1.165) is 22.1 Å². The number of benzene rings is 1. The minimum atomic E-state index is -0.878. The van der Waals surface area contributed by atoms with Gasteiger partial charge in [0, 0.05) is 17.5 Å². The monoisotopic (exact) mass is 303 g/mol. The van der Waals surface area contributed by atoms with Crippen molar-refractivity contribution < 1.29 is 19.1 Å². The van der Waals surface area contributed by atoms with Crippen LogP contribution in [0.2, 0.25) is 0 Å². The van der Waals surface area contributed by atoms with Gasteiger partial charge in [0.1, 0.15) is 5.58 Å². The molecular formula is C17H21NO4. The fourth-order valence-corrected chi connectivity index (χ4v) is 2.28. The third-order valence-corrected chi connectivity index (χ3v) is 3.98. The first-order valence-corrected chi connectivity index (χ1v) is 7.24. The number of hydrogen-bond acceptors (Lipinski definition) is 3. The molecule has 5 nitrogen and oxygen atoms in total. The summed E-state index contributed by atoms with van der Waals surface area (Å²) in [6.45, 7) is 7.34. The topological polar surface area (TPSA) is 79.5 Å². The van der Waals surface area contributed by atoms with Crippen LogP contribution in [0.15, 0.2) is 22.6 Å². The van der Waals surface area contributed by atoms with Crippen LogP contribution < -0.4 is 5.32 Å². The average molecular weight is 303 g/mol. The highest BCUT2D eigenvalue weighted by molar-refractivity contribution is 5.99. The number of para-hydroxylation sites is 1. The molecule has 2 aromatic rings. The van der Waals surface area contributed by atoms with Crippen LogP contribution >= 0.6 is 0 Å². The maximum atomic E-state index is 12.2. The van der Waals surface area contributed by atoms with Gasteiger partial charge in [-0.3, -0.25) is 9.59 Å². The van der Waals surface area contributed by atoms with Gasteiger partial charge < -0.3 is 14.8 Å². The second-order valence-electron chi connectivity index (χ2n) is 6.20. The Labute approximate surface area is 129 Å². The van der Waals surface area contributed by atoms with Crippen molar-refractivity contribution in [3.63, 3.8) is 0 Å². The van der Waals surface area contributed by atoms with Crippen molar-refractivity contribution in [3.8, 4) is 0 Å². The largest absolute Gasteiger partial charge is 0.481 e. The van der Waals surface area contributed by atoms with Crippen molar-refractivity contribution in [2.45, 2.75) is 34.1 Å². The molecule has 0 bridgehead atoms. The lowest BCUT2D eigenvalue weighted by atomic mass is 9.90. The van der Waals surface area contributed by atoms with Crippen molar-refractivity contribution in [2.75, 3.05) is 6.54 Å². The molecule has 1 amide bonds. The van der Waals surface area contributed by atoms with E-state index in [4.69, 9.17) is 9.52 Å². The summed E-state index contributed by atoms with van der Waals surface area (Å²) in [6.07, 6.45) is 0.354. The molecular weight excluding hydrogens is 282 g/mol. The molecule has 0 fully saturated rings. The molecule has 0 saturated heterocycles. The molecule has 0 aliphatic carbocycles. The molecule has 5 heteroatoms. The molecule has 0 aliphatic heterocycles.